The molecule has 1 N–H and O–H groups in total. The van der Waals surface area contributed by atoms with E-state index in [2.05, 4.69) is 10.3 Å². The zero-order chi connectivity index (χ0) is 21.4. The fourth-order valence-electron chi connectivity index (χ4n) is 2.60. The molecule has 0 bridgehead atoms. The maximum atomic E-state index is 12.0. The van der Waals surface area contributed by atoms with E-state index in [1.165, 1.54) is 18.2 Å². The zero-order valence-corrected chi connectivity index (χ0v) is 17.3. The molecule has 0 aliphatic carbocycles. The van der Waals surface area contributed by atoms with E-state index < -0.39 is 9.84 Å². The number of sulfone groups is 1. The van der Waals surface area contributed by atoms with Crippen LogP contribution in [-0.2, 0) is 27.8 Å². The van der Waals surface area contributed by atoms with Crippen molar-refractivity contribution in [2.24, 2.45) is 0 Å². The fraction of sp³-hybridized carbons (Fsp3) is 0.130. The number of nitrogens with one attached hydrogen (secondary N) is 1. The highest BCUT2D eigenvalue weighted by Crippen LogP contribution is 2.15. The molecule has 30 heavy (non-hydrogen) atoms. The molecular weight excluding hydrogens is 400 g/mol. The van der Waals surface area contributed by atoms with Crippen molar-refractivity contribution in [2.45, 2.75) is 18.0 Å². The molecule has 0 saturated carbocycles. The molecule has 1 heterocycles. The first-order chi connectivity index (χ1) is 14.4. The minimum Gasteiger partial charge on any atom is -0.489 e. The van der Waals surface area contributed by atoms with Crippen LogP contribution in [0.3, 0.4) is 0 Å². The second-order valence-electron chi connectivity index (χ2n) is 6.69. The van der Waals surface area contributed by atoms with Gasteiger partial charge in [-0.25, -0.2) is 8.42 Å². The Labute approximate surface area is 176 Å². The first-order valence-electron chi connectivity index (χ1n) is 9.27. The summed E-state index contributed by atoms with van der Waals surface area (Å²) in [5.74, 6) is 0.497. The molecule has 0 atom stereocenters. The Balaban J connectivity index is 1.47. The Morgan fingerprint density at radius 2 is 1.77 bits per heavy atom. The number of nitrogens with zero attached hydrogens (tertiary/aromatic N) is 1. The highest BCUT2D eigenvalue weighted by molar-refractivity contribution is 7.90. The SMILES string of the molecule is CS(=O)(=O)c1ccc(CNC(=O)/C=C/c2ccc(OCc3cccnc3)cc2)cc1. The number of benzene rings is 2. The summed E-state index contributed by atoms with van der Waals surface area (Å²) in [5.41, 5.74) is 2.68. The average molecular weight is 423 g/mol. The largest absolute Gasteiger partial charge is 0.489 e. The number of hydrogen-bond acceptors (Lipinski definition) is 5. The van der Waals surface area contributed by atoms with Crippen LogP contribution >= 0.6 is 0 Å². The summed E-state index contributed by atoms with van der Waals surface area (Å²) in [4.78, 5) is 16.3. The monoisotopic (exact) mass is 422 g/mol. The zero-order valence-electron chi connectivity index (χ0n) is 16.5. The van der Waals surface area contributed by atoms with E-state index in [9.17, 15) is 13.2 Å². The molecule has 1 aromatic heterocycles. The molecule has 0 aliphatic heterocycles. The third kappa shape index (κ3) is 6.56. The summed E-state index contributed by atoms with van der Waals surface area (Å²) in [5, 5.41) is 2.77. The fourth-order valence-corrected chi connectivity index (χ4v) is 3.23. The lowest BCUT2D eigenvalue weighted by Crippen LogP contribution is -2.20. The molecule has 0 aliphatic rings. The molecule has 0 fully saturated rings. The molecule has 0 radical (unpaired) electrons. The van der Waals surface area contributed by atoms with Gasteiger partial charge in [0.25, 0.3) is 0 Å². The van der Waals surface area contributed by atoms with Gasteiger partial charge in [-0.1, -0.05) is 30.3 Å². The Bertz CT molecular complexity index is 1110. The van der Waals surface area contributed by atoms with Gasteiger partial charge in [0.1, 0.15) is 12.4 Å². The molecule has 3 rings (SSSR count). The van der Waals surface area contributed by atoms with Crippen LogP contribution < -0.4 is 10.1 Å². The van der Waals surface area contributed by atoms with Crippen molar-refractivity contribution in [3.8, 4) is 5.75 Å². The first kappa shape index (κ1) is 21.3. The topological polar surface area (TPSA) is 85.4 Å². The molecule has 3 aromatic rings. The van der Waals surface area contributed by atoms with Gasteiger partial charge in [-0.2, -0.15) is 0 Å². The van der Waals surface area contributed by atoms with E-state index in [1.807, 2.05) is 36.4 Å². The lowest BCUT2D eigenvalue weighted by Gasteiger charge is -2.06. The Morgan fingerprint density at radius 1 is 1.03 bits per heavy atom. The van der Waals surface area contributed by atoms with Crippen molar-refractivity contribution in [3.05, 3.63) is 95.8 Å². The third-order valence-corrected chi connectivity index (χ3v) is 5.38. The number of carbonyl (C=O) groups is 1. The summed E-state index contributed by atoms with van der Waals surface area (Å²) in [6.45, 7) is 0.755. The Morgan fingerprint density at radius 3 is 2.40 bits per heavy atom. The predicted octanol–water partition coefficient (Wildman–Crippen LogP) is 3.39. The summed E-state index contributed by atoms with van der Waals surface area (Å²) in [6, 6.07) is 17.7. The van der Waals surface area contributed by atoms with Gasteiger partial charge in [-0.15, -0.1) is 0 Å². The molecule has 0 spiro atoms. The van der Waals surface area contributed by atoms with Gasteiger partial charge in [0.05, 0.1) is 4.90 Å². The van der Waals surface area contributed by atoms with Crippen molar-refractivity contribution >= 4 is 21.8 Å². The van der Waals surface area contributed by atoms with Gasteiger partial charge in [-0.05, 0) is 47.5 Å². The second-order valence-corrected chi connectivity index (χ2v) is 8.70. The van der Waals surface area contributed by atoms with Gasteiger partial charge in [0.15, 0.2) is 9.84 Å². The lowest BCUT2D eigenvalue weighted by molar-refractivity contribution is -0.116. The summed E-state index contributed by atoms with van der Waals surface area (Å²) < 4.78 is 28.6. The predicted molar refractivity (Wildman–Crippen MR) is 115 cm³/mol. The maximum absolute atomic E-state index is 12.0. The summed E-state index contributed by atoms with van der Waals surface area (Å²) >= 11 is 0. The number of carbonyl (C=O) groups excluding carboxylic acids is 1. The average Bonchev–Trinajstić information content (AvgIpc) is 2.76. The van der Waals surface area contributed by atoms with Crippen LogP contribution in [0.2, 0.25) is 0 Å². The van der Waals surface area contributed by atoms with Crippen LogP contribution in [0.4, 0.5) is 0 Å². The van der Waals surface area contributed by atoms with Crippen molar-refractivity contribution < 1.29 is 17.9 Å². The highest BCUT2D eigenvalue weighted by atomic mass is 32.2. The molecule has 0 saturated heterocycles. The first-order valence-corrected chi connectivity index (χ1v) is 11.2. The molecule has 0 unspecified atom stereocenters. The number of ether oxygens (including phenoxy) is 1. The van der Waals surface area contributed by atoms with Crippen molar-refractivity contribution in [1.82, 2.24) is 10.3 Å². The van der Waals surface area contributed by atoms with Crippen LogP contribution in [0.1, 0.15) is 16.7 Å². The van der Waals surface area contributed by atoms with Crippen LogP contribution in [0.25, 0.3) is 6.08 Å². The summed E-state index contributed by atoms with van der Waals surface area (Å²) in [6.07, 6.45) is 7.81. The number of aromatic nitrogens is 1. The van der Waals surface area contributed by atoms with E-state index in [1.54, 1.807) is 30.6 Å². The van der Waals surface area contributed by atoms with Gasteiger partial charge < -0.3 is 10.1 Å². The second kappa shape index (κ2) is 9.84. The normalized spacial score (nSPS) is 11.4. The molecule has 2 aromatic carbocycles. The number of rotatable bonds is 8. The van der Waals surface area contributed by atoms with E-state index in [-0.39, 0.29) is 10.8 Å². The third-order valence-electron chi connectivity index (χ3n) is 4.25. The van der Waals surface area contributed by atoms with E-state index >= 15 is 0 Å². The van der Waals surface area contributed by atoms with Crippen LogP contribution in [-0.4, -0.2) is 25.6 Å². The number of hydrogen-bond donors (Lipinski definition) is 1. The van der Waals surface area contributed by atoms with Crippen LogP contribution in [0.15, 0.2) is 84.0 Å². The molecule has 7 heteroatoms. The summed E-state index contributed by atoms with van der Waals surface area (Å²) in [7, 11) is -3.22. The minimum absolute atomic E-state index is 0.237. The highest BCUT2D eigenvalue weighted by Gasteiger charge is 2.06. The smallest absolute Gasteiger partial charge is 0.244 e. The van der Waals surface area contributed by atoms with E-state index in [4.69, 9.17) is 4.74 Å². The molecular formula is C23H22N2O4S. The van der Waals surface area contributed by atoms with Crippen molar-refractivity contribution in [3.63, 3.8) is 0 Å². The van der Waals surface area contributed by atoms with Gasteiger partial charge >= 0.3 is 0 Å². The number of pyridine rings is 1. The standard InChI is InChI=1S/C23H22N2O4S/c1-30(27,28)22-11-6-19(7-12-22)16-25-23(26)13-8-18-4-9-21(10-5-18)29-17-20-3-2-14-24-15-20/h2-15H,16-17H2,1H3,(H,25,26)/b13-8+. The van der Waals surface area contributed by atoms with Crippen LogP contribution in [0, 0.1) is 0 Å². The van der Waals surface area contributed by atoms with Gasteiger partial charge in [0.2, 0.25) is 5.91 Å². The molecule has 6 nitrogen and oxygen atoms in total. The van der Waals surface area contributed by atoms with E-state index in [0.717, 1.165) is 28.7 Å². The Kier molecular flexibility index (Phi) is 6.98. The number of amides is 1. The molecule has 154 valence electrons. The van der Waals surface area contributed by atoms with Gasteiger partial charge in [-0.3, -0.25) is 9.78 Å². The van der Waals surface area contributed by atoms with Crippen molar-refractivity contribution in [2.75, 3.05) is 6.26 Å². The van der Waals surface area contributed by atoms with Gasteiger partial charge in [0, 0.05) is 36.8 Å². The van der Waals surface area contributed by atoms with Crippen LogP contribution in [0.5, 0.6) is 5.75 Å². The quantitative estimate of drug-likeness (QED) is 0.563. The maximum Gasteiger partial charge on any atom is 0.244 e. The lowest BCUT2D eigenvalue weighted by atomic mass is 10.2. The minimum atomic E-state index is -3.22. The van der Waals surface area contributed by atoms with Crippen molar-refractivity contribution in [1.29, 1.82) is 0 Å². The molecule has 1 amide bonds. The van der Waals surface area contributed by atoms with E-state index in [0.29, 0.717) is 13.2 Å². The Hall–Kier alpha value is -3.45.